The number of hydrogen-bond donors (Lipinski definition) is 0. The number of hydrogen-bond acceptors (Lipinski definition) is 4. The van der Waals surface area contributed by atoms with Gasteiger partial charge in [0.25, 0.3) is 5.91 Å². The lowest BCUT2D eigenvalue weighted by Gasteiger charge is -2.03. The van der Waals surface area contributed by atoms with Crippen LogP contribution in [0.3, 0.4) is 0 Å². The van der Waals surface area contributed by atoms with E-state index in [9.17, 15) is 4.79 Å². The number of thiophene rings is 1. The molecule has 1 amide bonds. The molecular formula is C17H15ClN2O2S2. The molecule has 0 spiro atoms. The third-order valence-electron chi connectivity index (χ3n) is 3.30. The second-order valence-corrected chi connectivity index (χ2v) is 7.36. The number of benzene rings is 1. The van der Waals surface area contributed by atoms with Crippen molar-refractivity contribution in [1.29, 1.82) is 0 Å². The summed E-state index contributed by atoms with van der Waals surface area (Å²) >= 11 is 9.08. The molecule has 7 heteroatoms. The molecule has 0 aliphatic heterocycles. The van der Waals surface area contributed by atoms with Gasteiger partial charge in [0, 0.05) is 29.6 Å². The SMILES string of the molecule is COCCn1c(=NC(=O)C=Cc2cccs2)sc2cc(Cl)ccc21. The Morgan fingerprint density at radius 1 is 1.42 bits per heavy atom. The Labute approximate surface area is 152 Å². The minimum atomic E-state index is -0.285. The van der Waals surface area contributed by atoms with Gasteiger partial charge in [0.1, 0.15) is 0 Å². The third kappa shape index (κ3) is 4.02. The number of nitrogens with zero attached hydrogens (tertiary/aromatic N) is 2. The van der Waals surface area contributed by atoms with Crippen molar-refractivity contribution in [3.63, 3.8) is 0 Å². The molecule has 0 fully saturated rings. The highest BCUT2D eigenvalue weighted by atomic mass is 35.5. The Bertz CT molecular complexity index is 939. The normalized spacial score (nSPS) is 12.5. The highest BCUT2D eigenvalue weighted by Crippen LogP contribution is 2.21. The van der Waals surface area contributed by atoms with Crippen LogP contribution < -0.4 is 4.80 Å². The summed E-state index contributed by atoms with van der Waals surface area (Å²) in [6.07, 6.45) is 3.27. The van der Waals surface area contributed by atoms with Crippen molar-refractivity contribution in [2.75, 3.05) is 13.7 Å². The first-order chi connectivity index (χ1) is 11.7. The molecule has 0 aliphatic rings. The van der Waals surface area contributed by atoms with E-state index in [0.717, 1.165) is 15.1 Å². The first-order valence-electron chi connectivity index (χ1n) is 7.25. The number of halogens is 1. The standard InChI is InChI=1S/C17H15ClN2O2S2/c1-22-9-8-20-14-6-4-12(18)11-15(14)24-17(20)19-16(21)7-5-13-3-2-10-23-13/h2-7,10-11H,8-9H2,1H3. The summed E-state index contributed by atoms with van der Waals surface area (Å²) in [6.45, 7) is 1.17. The van der Waals surface area contributed by atoms with Crippen molar-refractivity contribution in [2.24, 2.45) is 4.99 Å². The van der Waals surface area contributed by atoms with Gasteiger partial charge in [0.05, 0.1) is 16.8 Å². The summed E-state index contributed by atoms with van der Waals surface area (Å²) in [5.41, 5.74) is 0.996. The van der Waals surface area contributed by atoms with Crippen molar-refractivity contribution in [3.05, 3.63) is 56.5 Å². The Kier molecular flexibility index (Phi) is 5.63. The Hall–Kier alpha value is -1.73. The van der Waals surface area contributed by atoms with Crippen molar-refractivity contribution >= 4 is 56.5 Å². The van der Waals surface area contributed by atoms with E-state index in [2.05, 4.69) is 4.99 Å². The number of methoxy groups -OCH3 is 1. The second-order valence-electron chi connectivity index (χ2n) is 4.94. The van der Waals surface area contributed by atoms with Gasteiger partial charge in [-0.25, -0.2) is 0 Å². The minimum absolute atomic E-state index is 0.285. The molecule has 24 heavy (non-hydrogen) atoms. The van der Waals surface area contributed by atoms with E-state index in [4.69, 9.17) is 16.3 Å². The molecule has 3 rings (SSSR count). The number of amides is 1. The lowest BCUT2D eigenvalue weighted by atomic mass is 10.3. The molecule has 124 valence electrons. The summed E-state index contributed by atoms with van der Waals surface area (Å²) in [5.74, 6) is -0.285. The second kappa shape index (κ2) is 7.90. The first-order valence-corrected chi connectivity index (χ1v) is 9.33. The van der Waals surface area contributed by atoms with Gasteiger partial charge in [-0.05, 0) is 35.7 Å². The topological polar surface area (TPSA) is 43.6 Å². The van der Waals surface area contributed by atoms with Gasteiger partial charge in [0.15, 0.2) is 4.80 Å². The van der Waals surface area contributed by atoms with Gasteiger partial charge in [-0.15, -0.1) is 11.3 Å². The van der Waals surface area contributed by atoms with Crippen LogP contribution in [-0.4, -0.2) is 24.2 Å². The third-order valence-corrected chi connectivity index (χ3v) is 5.42. The summed E-state index contributed by atoms with van der Waals surface area (Å²) in [7, 11) is 1.65. The number of thiazole rings is 1. The zero-order valence-electron chi connectivity index (χ0n) is 12.9. The number of rotatable bonds is 5. The zero-order valence-corrected chi connectivity index (χ0v) is 15.3. The van der Waals surface area contributed by atoms with Crippen molar-refractivity contribution < 1.29 is 9.53 Å². The van der Waals surface area contributed by atoms with Gasteiger partial charge in [-0.1, -0.05) is 29.0 Å². The summed E-state index contributed by atoms with van der Waals surface area (Å²) < 4.78 is 8.14. The molecule has 0 atom stereocenters. The lowest BCUT2D eigenvalue weighted by Crippen LogP contribution is -2.18. The average Bonchev–Trinajstić information content (AvgIpc) is 3.18. The number of fused-ring (bicyclic) bond motifs is 1. The van der Waals surface area contributed by atoms with E-state index in [1.165, 1.54) is 17.4 Å². The molecule has 0 unspecified atom stereocenters. The van der Waals surface area contributed by atoms with Crippen LogP contribution in [0, 0.1) is 0 Å². The largest absolute Gasteiger partial charge is 0.383 e. The van der Waals surface area contributed by atoms with Crippen LogP contribution in [0.25, 0.3) is 16.3 Å². The smallest absolute Gasteiger partial charge is 0.272 e. The zero-order chi connectivity index (χ0) is 16.9. The van der Waals surface area contributed by atoms with Crippen LogP contribution in [-0.2, 0) is 16.1 Å². The summed E-state index contributed by atoms with van der Waals surface area (Å²) in [4.78, 5) is 18.1. The van der Waals surface area contributed by atoms with Gasteiger partial charge < -0.3 is 9.30 Å². The molecule has 0 saturated heterocycles. The molecule has 1 aromatic carbocycles. The Morgan fingerprint density at radius 2 is 2.29 bits per heavy atom. The molecule has 2 heterocycles. The van der Waals surface area contributed by atoms with Crippen LogP contribution >= 0.6 is 34.3 Å². The maximum atomic E-state index is 12.2. The van der Waals surface area contributed by atoms with E-state index in [1.54, 1.807) is 24.5 Å². The maximum absolute atomic E-state index is 12.2. The molecule has 0 aliphatic carbocycles. The highest BCUT2D eigenvalue weighted by molar-refractivity contribution is 7.16. The number of carbonyl (C=O) groups is 1. The maximum Gasteiger partial charge on any atom is 0.272 e. The predicted molar refractivity (Wildman–Crippen MR) is 101 cm³/mol. The fraction of sp³-hybridized carbons (Fsp3) is 0.176. The molecule has 0 bridgehead atoms. The molecule has 0 radical (unpaired) electrons. The molecule has 3 aromatic rings. The van der Waals surface area contributed by atoms with Crippen LogP contribution in [0.2, 0.25) is 5.02 Å². The van der Waals surface area contributed by atoms with E-state index in [0.29, 0.717) is 23.0 Å². The minimum Gasteiger partial charge on any atom is -0.383 e. The van der Waals surface area contributed by atoms with Crippen molar-refractivity contribution in [1.82, 2.24) is 4.57 Å². The average molecular weight is 379 g/mol. The quantitative estimate of drug-likeness (QED) is 0.624. The number of aromatic nitrogens is 1. The van der Waals surface area contributed by atoms with Crippen molar-refractivity contribution in [3.8, 4) is 0 Å². The van der Waals surface area contributed by atoms with Gasteiger partial charge in [-0.2, -0.15) is 4.99 Å². The van der Waals surface area contributed by atoms with E-state index >= 15 is 0 Å². The van der Waals surface area contributed by atoms with Crippen LogP contribution in [0.5, 0.6) is 0 Å². The number of ether oxygens (including phenoxy) is 1. The number of carbonyl (C=O) groups excluding carboxylic acids is 1. The van der Waals surface area contributed by atoms with Crippen LogP contribution in [0.1, 0.15) is 4.88 Å². The van der Waals surface area contributed by atoms with E-state index < -0.39 is 0 Å². The van der Waals surface area contributed by atoms with Gasteiger partial charge in [0.2, 0.25) is 0 Å². The van der Waals surface area contributed by atoms with Gasteiger partial charge in [-0.3, -0.25) is 4.79 Å². The fourth-order valence-electron chi connectivity index (χ4n) is 2.20. The molecular weight excluding hydrogens is 364 g/mol. The van der Waals surface area contributed by atoms with E-state index in [1.807, 2.05) is 40.3 Å². The summed E-state index contributed by atoms with van der Waals surface area (Å²) in [5, 5.41) is 2.63. The van der Waals surface area contributed by atoms with Crippen LogP contribution in [0.15, 0.2) is 46.8 Å². The molecule has 0 saturated carbocycles. The highest BCUT2D eigenvalue weighted by Gasteiger charge is 2.07. The lowest BCUT2D eigenvalue weighted by molar-refractivity contribution is -0.113. The van der Waals surface area contributed by atoms with Crippen LogP contribution in [0.4, 0.5) is 0 Å². The fourth-order valence-corrected chi connectivity index (χ4v) is 4.16. The Morgan fingerprint density at radius 3 is 3.04 bits per heavy atom. The predicted octanol–water partition coefficient (Wildman–Crippen LogP) is 4.20. The first kappa shape index (κ1) is 17.1. The van der Waals surface area contributed by atoms with Gasteiger partial charge >= 0.3 is 0 Å². The Balaban J connectivity index is 1.98. The molecule has 4 nitrogen and oxygen atoms in total. The monoisotopic (exact) mass is 378 g/mol. The van der Waals surface area contributed by atoms with Crippen molar-refractivity contribution in [2.45, 2.75) is 6.54 Å². The van der Waals surface area contributed by atoms with E-state index in [-0.39, 0.29) is 5.91 Å². The molecule has 2 aromatic heterocycles. The molecule has 0 N–H and O–H groups in total. The summed E-state index contributed by atoms with van der Waals surface area (Å²) in [6, 6.07) is 9.56.